The van der Waals surface area contributed by atoms with Gasteiger partial charge in [0.1, 0.15) is 11.5 Å². The maximum absolute atomic E-state index is 13.7. The second-order valence-electron chi connectivity index (χ2n) is 8.51. The Morgan fingerprint density at radius 1 is 1.30 bits per heavy atom. The number of fused-ring (bicyclic) bond motifs is 1. The molecule has 2 aliphatic rings. The summed E-state index contributed by atoms with van der Waals surface area (Å²) < 4.78 is 28.9. The number of aromatic nitrogens is 2. The Morgan fingerprint density at radius 3 is 2.79 bits per heavy atom. The summed E-state index contributed by atoms with van der Waals surface area (Å²) >= 11 is 0. The summed E-state index contributed by atoms with van der Waals surface area (Å²) in [4.78, 5) is 34.0. The standard InChI is InChI=1S/C22H28N6O4S/c1-13-12-23-9-6-10-28(13)33(31,32)17-8-5-7-16-19(17)15(21(29)25-16)11-18-24-14(2)20(26-18)22(30)27(3)4/h5,7-8,11,13,23H,6,9-10,12H2,1-4H3,(H,24,26)(H,25,29)/b15-11-. The van der Waals surface area contributed by atoms with Crippen LogP contribution in [0, 0.1) is 6.92 Å². The normalized spacial score (nSPS) is 20.4. The van der Waals surface area contributed by atoms with Crippen molar-refractivity contribution in [2.75, 3.05) is 39.0 Å². The fraction of sp³-hybridized carbons (Fsp3) is 0.409. The van der Waals surface area contributed by atoms with E-state index in [-0.39, 0.29) is 28.1 Å². The number of carbonyl (C=O) groups is 2. The molecule has 1 aromatic carbocycles. The second-order valence-corrected chi connectivity index (χ2v) is 10.4. The summed E-state index contributed by atoms with van der Waals surface area (Å²) in [7, 11) is -0.606. The van der Waals surface area contributed by atoms with E-state index in [4.69, 9.17) is 0 Å². The van der Waals surface area contributed by atoms with Crippen molar-refractivity contribution in [3.63, 3.8) is 0 Å². The summed E-state index contributed by atoms with van der Waals surface area (Å²) in [5.41, 5.74) is 1.74. The molecular formula is C22H28N6O4S. The van der Waals surface area contributed by atoms with E-state index in [9.17, 15) is 18.0 Å². The van der Waals surface area contributed by atoms with Crippen molar-refractivity contribution in [3.05, 3.63) is 41.0 Å². The highest BCUT2D eigenvalue weighted by atomic mass is 32.2. The number of carbonyl (C=O) groups excluding carboxylic acids is 2. The molecule has 176 valence electrons. The molecule has 10 nitrogen and oxygen atoms in total. The van der Waals surface area contributed by atoms with Gasteiger partial charge in [-0.25, -0.2) is 13.4 Å². The van der Waals surface area contributed by atoms with E-state index in [2.05, 4.69) is 20.6 Å². The van der Waals surface area contributed by atoms with Gasteiger partial charge in [0, 0.05) is 44.5 Å². The maximum Gasteiger partial charge on any atom is 0.273 e. The Hall–Kier alpha value is -3.02. The van der Waals surface area contributed by atoms with Crippen LogP contribution in [0.3, 0.4) is 0 Å². The van der Waals surface area contributed by atoms with Crippen LogP contribution in [-0.2, 0) is 14.8 Å². The van der Waals surface area contributed by atoms with Crippen molar-refractivity contribution >= 4 is 39.2 Å². The third-order valence-electron chi connectivity index (χ3n) is 5.83. The van der Waals surface area contributed by atoms with Crippen LogP contribution in [0.25, 0.3) is 11.6 Å². The van der Waals surface area contributed by atoms with Crippen molar-refractivity contribution < 1.29 is 18.0 Å². The van der Waals surface area contributed by atoms with E-state index in [0.29, 0.717) is 42.3 Å². The van der Waals surface area contributed by atoms with Crippen molar-refractivity contribution in [1.82, 2.24) is 24.5 Å². The Balaban J connectivity index is 1.81. The number of benzene rings is 1. The molecule has 2 aliphatic heterocycles. The van der Waals surface area contributed by atoms with Gasteiger partial charge in [0.05, 0.1) is 16.2 Å². The van der Waals surface area contributed by atoms with Crippen LogP contribution in [0.1, 0.15) is 40.9 Å². The fourth-order valence-corrected chi connectivity index (χ4v) is 6.05. The smallest absolute Gasteiger partial charge is 0.273 e. The Bertz CT molecular complexity index is 1250. The first-order valence-electron chi connectivity index (χ1n) is 10.8. The van der Waals surface area contributed by atoms with Crippen LogP contribution in [0.5, 0.6) is 0 Å². The number of sulfonamides is 1. The van der Waals surface area contributed by atoms with Gasteiger partial charge >= 0.3 is 0 Å². The minimum Gasteiger partial charge on any atom is -0.343 e. The number of hydrogen-bond donors (Lipinski definition) is 3. The Labute approximate surface area is 193 Å². The van der Waals surface area contributed by atoms with Crippen LogP contribution < -0.4 is 10.6 Å². The number of aromatic amines is 1. The summed E-state index contributed by atoms with van der Waals surface area (Å²) in [6.45, 7) is 5.30. The zero-order valence-electron chi connectivity index (χ0n) is 19.1. The first kappa shape index (κ1) is 23.1. The van der Waals surface area contributed by atoms with Crippen LogP contribution >= 0.6 is 0 Å². The number of amides is 2. The number of hydrogen-bond acceptors (Lipinski definition) is 6. The first-order chi connectivity index (χ1) is 15.6. The van der Waals surface area contributed by atoms with Crippen molar-refractivity contribution in [3.8, 4) is 0 Å². The van der Waals surface area contributed by atoms with E-state index in [1.165, 1.54) is 21.3 Å². The van der Waals surface area contributed by atoms with Crippen LogP contribution in [0.15, 0.2) is 23.1 Å². The van der Waals surface area contributed by atoms with Crippen LogP contribution in [0.4, 0.5) is 5.69 Å². The number of aryl methyl sites for hydroxylation is 1. The van der Waals surface area contributed by atoms with Gasteiger partial charge in [-0.05, 0) is 45.0 Å². The molecule has 0 saturated carbocycles. The van der Waals surface area contributed by atoms with Gasteiger partial charge < -0.3 is 20.5 Å². The van der Waals surface area contributed by atoms with Gasteiger partial charge in [-0.3, -0.25) is 9.59 Å². The molecule has 1 fully saturated rings. The summed E-state index contributed by atoms with van der Waals surface area (Å²) in [6.07, 6.45) is 2.19. The third-order valence-corrected chi connectivity index (χ3v) is 7.89. The monoisotopic (exact) mass is 472 g/mol. The molecule has 3 N–H and O–H groups in total. The predicted octanol–water partition coefficient (Wildman–Crippen LogP) is 1.29. The molecule has 0 radical (unpaired) electrons. The third kappa shape index (κ3) is 4.19. The summed E-state index contributed by atoms with van der Waals surface area (Å²) in [6, 6.07) is 4.61. The van der Waals surface area contributed by atoms with Crippen molar-refractivity contribution in [2.24, 2.45) is 0 Å². The van der Waals surface area contributed by atoms with E-state index >= 15 is 0 Å². The molecule has 1 unspecified atom stereocenters. The fourth-order valence-electron chi connectivity index (χ4n) is 4.15. The number of rotatable bonds is 4. The zero-order valence-corrected chi connectivity index (χ0v) is 19.9. The SMILES string of the molecule is Cc1[nH]c(/C=C2\C(=O)Nc3cccc(S(=O)(=O)N4CCCNCC4C)c32)nc1C(=O)N(C)C. The molecule has 0 spiro atoms. The first-order valence-corrected chi connectivity index (χ1v) is 12.2. The number of H-pyrrole nitrogens is 1. The lowest BCUT2D eigenvalue weighted by atomic mass is 10.1. The van der Waals surface area contributed by atoms with E-state index in [1.54, 1.807) is 33.2 Å². The molecule has 33 heavy (non-hydrogen) atoms. The number of nitrogens with zero attached hydrogens (tertiary/aromatic N) is 3. The van der Waals surface area contributed by atoms with Gasteiger partial charge in [0.25, 0.3) is 11.8 Å². The maximum atomic E-state index is 13.7. The van der Waals surface area contributed by atoms with Crippen molar-refractivity contribution in [1.29, 1.82) is 0 Å². The van der Waals surface area contributed by atoms with Gasteiger partial charge in [0.15, 0.2) is 0 Å². The second kappa shape index (κ2) is 8.73. The zero-order chi connectivity index (χ0) is 23.9. The molecule has 1 aromatic heterocycles. The summed E-state index contributed by atoms with van der Waals surface area (Å²) in [5, 5.41) is 6.00. The molecule has 2 amide bonds. The number of imidazole rings is 1. The average Bonchev–Trinajstić information content (AvgIpc) is 3.18. The van der Waals surface area contributed by atoms with Crippen molar-refractivity contribution in [2.45, 2.75) is 31.2 Å². The molecule has 0 bridgehead atoms. The molecule has 3 heterocycles. The lowest BCUT2D eigenvalue weighted by Gasteiger charge is -2.26. The highest BCUT2D eigenvalue weighted by Gasteiger charge is 2.37. The van der Waals surface area contributed by atoms with Crippen LogP contribution in [0.2, 0.25) is 0 Å². The number of nitrogens with one attached hydrogen (secondary N) is 3. The lowest BCUT2D eigenvalue weighted by Crippen LogP contribution is -2.41. The van der Waals surface area contributed by atoms with Gasteiger partial charge in [-0.1, -0.05) is 6.07 Å². The molecular weight excluding hydrogens is 444 g/mol. The minimum atomic E-state index is -3.87. The van der Waals surface area contributed by atoms with Gasteiger partial charge in [-0.15, -0.1) is 0 Å². The van der Waals surface area contributed by atoms with E-state index < -0.39 is 15.9 Å². The van der Waals surface area contributed by atoms with Crippen LogP contribution in [-0.4, -0.2) is 79.2 Å². The summed E-state index contributed by atoms with van der Waals surface area (Å²) in [5.74, 6) is -0.389. The number of anilines is 1. The highest BCUT2D eigenvalue weighted by Crippen LogP contribution is 2.39. The van der Waals surface area contributed by atoms with E-state index in [0.717, 1.165) is 6.54 Å². The minimum absolute atomic E-state index is 0.0752. The molecule has 4 rings (SSSR count). The highest BCUT2D eigenvalue weighted by molar-refractivity contribution is 7.89. The largest absolute Gasteiger partial charge is 0.343 e. The average molecular weight is 473 g/mol. The molecule has 1 atom stereocenters. The molecule has 11 heteroatoms. The van der Waals surface area contributed by atoms with E-state index in [1.807, 2.05) is 6.92 Å². The quantitative estimate of drug-likeness (QED) is 0.576. The molecule has 1 saturated heterocycles. The van der Waals surface area contributed by atoms with Gasteiger partial charge in [-0.2, -0.15) is 4.31 Å². The Kier molecular flexibility index (Phi) is 6.12. The lowest BCUT2D eigenvalue weighted by molar-refractivity contribution is -0.110. The molecule has 0 aliphatic carbocycles. The predicted molar refractivity (Wildman–Crippen MR) is 125 cm³/mol. The van der Waals surface area contributed by atoms with Gasteiger partial charge in [0.2, 0.25) is 10.0 Å². The molecule has 2 aromatic rings. The Morgan fingerprint density at radius 2 is 2.06 bits per heavy atom. The topological polar surface area (TPSA) is 127 Å².